The summed E-state index contributed by atoms with van der Waals surface area (Å²) in [6.07, 6.45) is 0. The molecule has 1 aromatic carbocycles. The summed E-state index contributed by atoms with van der Waals surface area (Å²) in [4.78, 5) is 16.4. The predicted octanol–water partition coefficient (Wildman–Crippen LogP) is 0.912. The zero-order valence-corrected chi connectivity index (χ0v) is 12.4. The standard InChI is InChI=1S/C16H20FN3O/c1-12-11-19(2)8-9-20(12)16(21)14-6-5-13(4-3-7-18)10-15(14)17/h5-6,10,12H,7-9,11,18H2,1-2H3. The average molecular weight is 289 g/mol. The number of rotatable bonds is 1. The molecule has 0 spiro atoms. The minimum atomic E-state index is -0.532. The number of carbonyl (C=O) groups excluding carboxylic acids is 1. The first-order chi connectivity index (χ1) is 10.0. The van der Waals surface area contributed by atoms with Crippen molar-refractivity contribution in [2.45, 2.75) is 13.0 Å². The number of carbonyl (C=O) groups is 1. The summed E-state index contributed by atoms with van der Waals surface area (Å²) in [6, 6.07) is 4.52. The lowest BCUT2D eigenvalue weighted by Crippen LogP contribution is -2.52. The topological polar surface area (TPSA) is 49.6 Å². The second-order valence-electron chi connectivity index (χ2n) is 5.31. The average Bonchev–Trinajstić information content (AvgIpc) is 2.44. The van der Waals surface area contributed by atoms with Crippen molar-refractivity contribution in [3.05, 3.63) is 35.1 Å². The van der Waals surface area contributed by atoms with Crippen LogP contribution in [-0.4, -0.2) is 55.0 Å². The number of benzene rings is 1. The van der Waals surface area contributed by atoms with Gasteiger partial charge in [0.1, 0.15) is 5.82 Å². The van der Waals surface area contributed by atoms with Crippen molar-refractivity contribution in [2.75, 3.05) is 33.2 Å². The van der Waals surface area contributed by atoms with Gasteiger partial charge in [-0.25, -0.2) is 4.39 Å². The quantitative estimate of drug-likeness (QED) is 0.782. The monoisotopic (exact) mass is 289 g/mol. The maximum absolute atomic E-state index is 14.1. The molecule has 0 bridgehead atoms. The Bertz CT molecular complexity index is 591. The maximum atomic E-state index is 14.1. The lowest BCUT2D eigenvalue weighted by Gasteiger charge is -2.38. The van der Waals surface area contributed by atoms with Crippen LogP contribution < -0.4 is 5.73 Å². The Morgan fingerprint density at radius 1 is 1.48 bits per heavy atom. The predicted molar refractivity (Wildman–Crippen MR) is 80.3 cm³/mol. The van der Waals surface area contributed by atoms with E-state index in [4.69, 9.17) is 5.73 Å². The van der Waals surface area contributed by atoms with Crippen LogP contribution in [0.2, 0.25) is 0 Å². The van der Waals surface area contributed by atoms with Gasteiger partial charge in [0.15, 0.2) is 0 Å². The number of piperazine rings is 1. The van der Waals surface area contributed by atoms with Crippen molar-refractivity contribution in [3.8, 4) is 11.8 Å². The van der Waals surface area contributed by atoms with Crippen molar-refractivity contribution in [1.29, 1.82) is 0 Å². The number of halogens is 1. The fraction of sp³-hybridized carbons (Fsp3) is 0.438. The van der Waals surface area contributed by atoms with Gasteiger partial charge in [-0.15, -0.1) is 0 Å². The molecule has 1 unspecified atom stereocenters. The molecule has 4 nitrogen and oxygen atoms in total. The summed E-state index contributed by atoms with van der Waals surface area (Å²) in [5.74, 6) is 4.63. The molecular formula is C16H20FN3O. The van der Waals surface area contributed by atoms with Gasteiger partial charge < -0.3 is 15.5 Å². The zero-order chi connectivity index (χ0) is 15.4. The highest BCUT2D eigenvalue weighted by atomic mass is 19.1. The Hall–Kier alpha value is -1.90. The van der Waals surface area contributed by atoms with E-state index in [-0.39, 0.29) is 24.1 Å². The van der Waals surface area contributed by atoms with Gasteiger partial charge in [-0.05, 0) is 32.2 Å². The summed E-state index contributed by atoms with van der Waals surface area (Å²) in [5.41, 5.74) is 5.91. The van der Waals surface area contributed by atoms with E-state index in [1.165, 1.54) is 12.1 Å². The molecule has 5 heteroatoms. The summed E-state index contributed by atoms with van der Waals surface area (Å²) < 4.78 is 14.1. The zero-order valence-electron chi connectivity index (χ0n) is 12.4. The highest BCUT2D eigenvalue weighted by Gasteiger charge is 2.27. The number of hydrogen-bond donors (Lipinski definition) is 1. The first-order valence-corrected chi connectivity index (χ1v) is 7.01. The van der Waals surface area contributed by atoms with E-state index in [1.807, 2.05) is 14.0 Å². The molecule has 0 aromatic heterocycles. The van der Waals surface area contributed by atoms with Gasteiger partial charge >= 0.3 is 0 Å². The minimum absolute atomic E-state index is 0.0763. The van der Waals surface area contributed by atoms with E-state index in [9.17, 15) is 9.18 Å². The first kappa shape index (κ1) is 15.5. The molecule has 0 radical (unpaired) electrons. The van der Waals surface area contributed by atoms with Crippen LogP contribution in [0, 0.1) is 17.7 Å². The molecule has 1 fully saturated rings. The highest BCUT2D eigenvalue weighted by molar-refractivity contribution is 5.95. The van der Waals surface area contributed by atoms with Crippen LogP contribution in [0.3, 0.4) is 0 Å². The van der Waals surface area contributed by atoms with Crippen molar-refractivity contribution >= 4 is 5.91 Å². The van der Waals surface area contributed by atoms with Crippen LogP contribution in [-0.2, 0) is 0 Å². The minimum Gasteiger partial charge on any atom is -0.333 e. The Labute approximate surface area is 124 Å². The van der Waals surface area contributed by atoms with Gasteiger partial charge in [-0.2, -0.15) is 0 Å². The number of nitrogens with zero attached hydrogens (tertiary/aromatic N) is 2. The van der Waals surface area contributed by atoms with Crippen molar-refractivity contribution < 1.29 is 9.18 Å². The van der Waals surface area contributed by atoms with Crippen LogP contribution in [0.15, 0.2) is 18.2 Å². The molecule has 112 valence electrons. The first-order valence-electron chi connectivity index (χ1n) is 7.01. The van der Waals surface area contributed by atoms with E-state index in [2.05, 4.69) is 16.7 Å². The number of hydrogen-bond acceptors (Lipinski definition) is 3. The molecule has 1 saturated heterocycles. The van der Waals surface area contributed by atoms with E-state index < -0.39 is 5.82 Å². The van der Waals surface area contributed by atoms with Crippen molar-refractivity contribution in [1.82, 2.24) is 9.80 Å². The summed E-state index contributed by atoms with van der Waals surface area (Å²) >= 11 is 0. The smallest absolute Gasteiger partial charge is 0.257 e. The summed E-state index contributed by atoms with van der Waals surface area (Å²) in [7, 11) is 2.02. The van der Waals surface area contributed by atoms with Crippen LogP contribution in [0.5, 0.6) is 0 Å². The van der Waals surface area contributed by atoms with Crippen molar-refractivity contribution in [3.63, 3.8) is 0 Å². The number of nitrogens with two attached hydrogens (primary N) is 1. The summed E-state index contributed by atoms with van der Waals surface area (Å²) in [5, 5.41) is 0. The molecule has 1 aromatic rings. The van der Waals surface area contributed by atoms with Gasteiger partial charge in [0.05, 0.1) is 12.1 Å². The molecule has 21 heavy (non-hydrogen) atoms. The third-order valence-electron chi connectivity index (χ3n) is 3.63. The molecule has 1 amide bonds. The highest BCUT2D eigenvalue weighted by Crippen LogP contribution is 2.16. The Balaban J connectivity index is 2.19. The molecule has 1 heterocycles. The lowest BCUT2D eigenvalue weighted by atomic mass is 10.1. The molecule has 2 N–H and O–H groups in total. The van der Waals surface area contributed by atoms with E-state index in [0.717, 1.165) is 13.1 Å². The Kier molecular flexibility index (Phi) is 4.94. The maximum Gasteiger partial charge on any atom is 0.257 e. The third-order valence-corrected chi connectivity index (χ3v) is 3.63. The van der Waals surface area contributed by atoms with Crippen molar-refractivity contribution in [2.24, 2.45) is 5.73 Å². The second kappa shape index (κ2) is 6.70. The SMILES string of the molecule is CC1CN(C)CCN1C(=O)c1ccc(C#CCN)cc1F. The molecule has 0 saturated carbocycles. The molecule has 1 aliphatic heterocycles. The molecular weight excluding hydrogens is 269 g/mol. The fourth-order valence-electron chi connectivity index (χ4n) is 2.52. The fourth-order valence-corrected chi connectivity index (χ4v) is 2.52. The van der Waals surface area contributed by atoms with E-state index in [1.54, 1.807) is 11.0 Å². The number of likely N-dealkylation sites (N-methyl/N-ethyl adjacent to an activating group) is 1. The molecule has 0 aliphatic carbocycles. The Morgan fingerprint density at radius 3 is 2.86 bits per heavy atom. The van der Waals surface area contributed by atoms with Crippen LogP contribution in [0.25, 0.3) is 0 Å². The normalized spacial score (nSPS) is 19.0. The van der Waals surface area contributed by atoms with Gasteiger partial charge in [0, 0.05) is 31.2 Å². The molecule has 2 rings (SSSR count). The Morgan fingerprint density at radius 2 is 2.24 bits per heavy atom. The van der Waals surface area contributed by atoms with Gasteiger partial charge in [0.2, 0.25) is 0 Å². The largest absolute Gasteiger partial charge is 0.333 e. The van der Waals surface area contributed by atoms with Gasteiger partial charge in [0.25, 0.3) is 5.91 Å². The van der Waals surface area contributed by atoms with Crippen LogP contribution in [0.1, 0.15) is 22.8 Å². The number of amides is 1. The van der Waals surface area contributed by atoms with E-state index in [0.29, 0.717) is 12.1 Å². The van der Waals surface area contributed by atoms with Crippen LogP contribution >= 0.6 is 0 Å². The lowest BCUT2D eigenvalue weighted by molar-refractivity contribution is 0.0529. The third kappa shape index (κ3) is 3.60. The van der Waals surface area contributed by atoms with Gasteiger partial charge in [-0.3, -0.25) is 4.79 Å². The molecule has 1 aliphatic rings. The van der Waals surface area contributed by atoms with E-state index >= 15 is 0 Å². The van der Waals surface area contributed by atoms with Crippen LogP contribution in [0.4, 0.5) is 4.39 Å². The van der Waals surface area contributed by atoms with Gasteiger partial charge in [-0.1, -0.05) is 11.8 Å². The second-order valence-corrected chi connectivity index (χ2v) is 5.31. The molecule has 1 atom stereocenters. The summed E-state index contributed by atoms with van der Waals surface area (Å²) in [6.45, 7) is 4.42.